The van der Waals surface area contributed by atoms with Gasteiger partial charge in [0.25, 0.3) is 0 Å². The van der Waals surface area contributed by atoms with E-state index in [1.807, 2.05) is 0 Å². The van der Waals surface area contributed by atoms with Crippen LogP contribution < -0.4 is 0 Å². The highest BCUT2D eigenvalue weighted by atomic mass is 35.5. The molecule has 2 aromatic rings. The summed E-state index contributed by atoms with van der Waals surface area (Å²) in [7, 11) is 1.23. The molecule has 10 heteroatoms. The van der Waals surface area contributed by atoms with Crippen molar-refractivity contribution in [3.05, 3.63) is 45.5 Å². The van der Waals surface area contributed by atoms with E-state index in [-0.39, 0.29) is 22.0 Å². The number of rotatable bonds is 4. The number of aryl methyl sites for hydroxylation is 2. The van der Waals surface area contributed by atoms with Crippen molar-refractivity contribution in [3.63, 3.8) is 0 Å². The number of hydrogen-bond donors (Lipinski definition) is 1. The fourth-order valence-electron chi connectivity index (χ4n) is 2.31. The highest BCUT2D eigenvalue weighted by Gasteiger charge is 2.40. The lowest BCUT2D eigenvalue weighted by molar-refractivity contribution is -0.138. The van der Waals surface area contributed by atoms with E-state index in [4.69, 9.17) is 16.7 Å². The van der Waals surface area contributed by atoms with Crippen LogP contribution in [0.4, 0.5) is 13.2 Å². The van der Waals surface area contributed by atoms with Gasteiger partial charge < -0.3 is 5.11 Å². The van der Waals surface area contributed by atoms with Gasteiger partial charge in [0.1, 0.15) is 11.3 Å². The third-order valence-electron chi connectivity index (χ3n) is 3.25. The summed E-state index contributed by atoms with van der Waals surface area (Å²) in [4.78, 5) is 27.1. The van der Waals surface area contributed by atoms with Crippen LogP contribution in [-0.2, 0) is 19.6 Å². The second kappa shape index (κ2) is 6.23. The number of hydrogen-bond acceptors (Lipinski definition) is 4. The highest BCUT2D eigenvalue weighted by Crippen LogP contribution is 2.34. The molecule has 0 spiro atoms. The van der Waals surface area contributed by atoms with Gasteiger partial charge in [-0.3, -0.25) is 14.5 Å². The third-order valence-corrected chi connectivity index (χ3v) is 3.56. The summed E-state index contributed by atoms with van der Waals surface area (Å²) in [6, 6.07) is 1.05. The van der Waals surface area contributed by atoms with Crippen molar-refractivity contribution in [2.24, 2.45) is 7.05 Å². The SMILES string of the molecule is Cc1nn(C)c(C(=O)Cc2cc(C(=O)O)c(Cl)cn2)c1C(F)(F)F. The van der Waals surface area contributed by atoms with E-state index < -0.39 is 35.6 Å². The highest BCUT2D eigenvalue weighted by molar-refractivity contribution is 6.33. The fraction of sp³-hybridized carbons (Fsp3) is 0.286. The zero-order chi connectivity index (χ0) is 18.2. The van der Waals surface area contributed by atoms with Crippen LogP contribution in [0.15, 0.2) is 12.3 Å². The molecule has 0 saturated heterocycles. The average molecular weight is 362 g/mol. The van der Waals surface area contributed by atoms with Crippen molar-refractivity contribution in [3.8, 4) is 0 Å². The Labute approximate surface area is 138 Å². The van der Waals surface area contributed by atoms with Gasteiger partial charge in [0.2, 0.25) is 0 Å². The molecule has 2 aromatic heterocycles. The fourth-order valence-corrected chi connectivity index (χ4v) is 2.49. The molecule has 0 aliphatic rings. The number of carboxylic acids is 1. The van der Waals surface area contributed by atoms with Crippen LogP contribution in [0, 0.1) is 6.92 Å². The first-order valence-electron chi connectivity index (χ1n) is 6.54. The average Bonchev–Trinajstić information content (AvgIpc) is 2.75. The van der Waals surface area contributed by atoms with Gasteiger partial charge in [0.05, 0.1) is 22.7 Å². The molecule has 0 saturated carbocycles. The van der Waals surface area contributed by atoms with Crippen molar-refractivity contribution in [2.45, 2.75) is 19.5 Å². The number of carboxylic acid groups (broad SMARTS) is 1. The second-order valence-electron chi connectivity index (χ2n) is 4.99. The lowest BCUT2D eigenvalue weighted by Gasteiger charge is -2.09. The van der Waals surface area contributed by atoms with E-state index >= 15 is 0 Å². The Morgan fingerprint density at radius 3 is 2.54 bits per heavy atom. The zero-order valence-corrected chi connectivity index (χ0v) is 13.2. The Morgan fingerprint density at radius 2 is 2.00 bits per heavy atom. The van der Waals surface area contributed by atoms with E-state index in [2.05, 4.69) is 10.1 Å². The van der Waals surface area contributed by atoms with E-state index in [0.717, 1.165) is 23.9 Å². The molecule has 0 amide bonds. The Balaban J connectivity index is 2.42. The summed E-state index contributed by atoms with van der Waals surface area (Å²) in [5.41, 5.74) is -2.32. The minimum Gasteiger partial charge on any atom is -0.478 e. The third kappa shape index (κ3) is 3.40. The van der Waals surface area contributed by atoms with Crippen molar-refractivity contribution in [2.75, 3.05) is 0 Å². The monoisotopic (exact) mass is 361 g/mol. The molecule has 1 N–H and O–H groups in total. The van der Waals surface area contributed by atoms with Crippen LogP contribution in [0.25, 0.3) is 0 Å². The lowest BCUT2D eigenvalue weighted by atomic mass is 10.0. The number of ketones is 1. The first kappa shape index (κ1) is 17.9. The molecular formula is C14H11ClF3N3O3. The first-order valence-corrected chi connectivity index (χ1v) is 6.92. The molecular weight excluding hydrogens is 351 g/mol. The number of Topliss-reactive ketones (excluding diaryl/α,β-unsaturated/α-hetero) is 1. The number of alkyl halides is 3. The molecule has 24 heavy (non-hydrogen) atoms. The standard InChI is InChI=1S/C14H11ClF3N3O3/c1-6-11(14(16,17)18)12(21(2)20-6)10(22)4-7-3-8(13(23)24)9(15)5-19-7/h3,5H,4H2,1-2H3,(H,23,24). The van der Waals surface area contributed by atoms with E-state index in [1.54, 1.807) is 0 Å². The number of nitrogens with zero attached hydrogens (tertiary/aromatic N) is 3. The summed E-state index contributed by atoms with van der Waals surface area (Å²) < 4.78 is 40.2. The second-order valence-corrected chi connectivity index (χ2v) is 5.40. The van der Waals surface area contributed by atoms with Gasteiger partial charge in [-0.15, -0.1) is 0 Å². The van der Waals surface area contributed by atoms with Crippen LogP contribution in [0.3, 0.4) is 0 Å². The molecule has 6 nitrogen and oxygen atoms in total. The molecule has 128 valence electrons. The van der Waals surface area contributed by atoms with Gasteiger partial charge in [-0.05, 0) is 13.0 Å². The number of aromatic carboxylic acids is 1. The van der Waals surface area contributed by atoms with Gasteiger partial charge in [0.15, 0.2) is 5.78 Å². The summed E-state index contributed by atoms with van der Waals surface area (Å²) in [5, 5.41) is 12.5. The number of pyridine rings is 1. The molecule has 2 heterocycles. The van der Waals surface area contributed by atoms with E-state index in [1.165, 1.54) is 7.05 Å². The smallest absolute Gasteiger partial charge is 0.420 e. The normalized spacial score (nSPS) is 11.6. The van der Waals surface area contributed by atoms with Crippen LogP contribution in [0.2, 0.25) is 5.02 Å². The molecule has 0 fully saturated rings. The van der Waals surface area contributed by atoms with Crippen molar-refractivity contribution >= 4 is 23.4 Å². The van der Waals surface area contributed by atoms with Crippen molar-refractivity contribution < 1.29 is 27.9 Å². The van der Waals surface area contributed by atoms with Crippen molar-refractivity contribution in [1.82, 2.24) is 14.8 Å². The predicted octanol–water partition coefficient (Wildman–Crippen LogP) is 2.92. The Kier molecular flexibility index (Phi) is 4.66. The lowest BCUT2D eigenvalue weighted by Crippen LogP contribution is -2.17. The molecule has 0 unspecified atom stereocenters. The topological polar surface area (TPSA) is 85.1 Å². The molecule has 0 aliphatic carbocycles. The maximum absolute atomic E-state index is 13.1. The largest absolute Gasteiger partial charge is 0.478 e. The van der Waals surface area contributed by atoms with Gasteiger partial charge in [-0.1, -0.05) is 11.6 Å². The van der Waals surface area contributed by atoms with E-state index in [0.29, 0.717) is 0 Å². The molecule has 0 atom stereocenters. The summed E-state index contributed by atoms with van der Waals surface area (Å²) in [5.74, 6) is -2.21. The Morgan fingerprint density at radius 1 is 1.38 bits per heavy atom. The maximum Gasteiger partial charge on any atom is 0.420 e. The number of carbonyl (C=O) groups is 2. The number of halogens is 4. The first-order chi connectivity index (χ1) is 11.0. The minimum atomic E-state index is -4.73. The van der Waals surface area contributed by atoms with Gasteiger partial charge in [-0.2, -0.15) is 18.3 Å². The van der Waals surface area contributed by atoms with E-state index in [9.17, 15) is 22.8 Å². The predicted molar refractivity (Wildman–Crippen MR) is 77.2 cm³/mol. The summed E-state index contributed by atoms with van der Waals surface area (Å²) in [6.45, 7) is 1.16. The van der Waals surface area contributed by atoms with Crippen LogP contribution >= 0.6 is 11.6 Å². The van der Waals surface area contributed by atoms with Gasteiger partial charge in [-0.25, -0.2) is 4.79 Å². The van der Waals surface area contributed by atoms with Crippen LogP contribution in [0.5, 0.6) is 0 Å². The van der Waals surface area contributed by atoms with Gasteiger partial charge in [0, 0.05) is 18.9 Å². The number of aromatic nitrogens is 3. The maximum atomic E-state index is 13.1. The molecule has 0 aromatic carbocycles. The Bertz CT molecular complexity index is 831. The Hall–Kier alpha value is -2.42. The quantitative estimate of drug-likeness (QED) is 0.846. The summed E-state index contributed by atoms with van der Waals surface area (Å²) in [6.07, 6.45) is -4.21. The minimum absolute atomic E-state index is 0.00576. The van der Waals surface area contributed by atoms with Crippen LogP contribution in [-0.4, -0.2) is 31.6 Å². The molecule has 0 bridgehead atoms. The summed E-state index contributed by atoms with van der Waals surface area (Å²) >= 11 is 5.67. The molecule has 0 aliphatic heterocycles. The molecule has 0 radical (unpaired) electrons. The van der Waals surface area contributed by atoms with Gasteiger partial charge >= 0.3 is 12.1 Å². The zero-order valence-electron chi connectivity index (χ0n) is 12.5. The van der Waals surface area contributed by atoms with Crippen molar-refractivity contribution in [1.29, 1.82) is 0 Å². The molecule has 2 rings (SSSR count). The number of carbonyl (C=O) groups excluding carboxylic acids is 1. The van der Waals surface area contributed by atoms with Crippen LogP contribution in [0.1, 0.15) is 37.8 Å².